The highest BCUT2D eigenvalue weighted by atomic mass is 79.9. The van der Waals surface area contributed by atoms with Gasteiger partial charge in [0.2, 0.25) is 0 Å². The van der Waals surface area contributed by atoms with Crippen molar-refractivity contribution in [3.63, 3.8) is 0 Å². The van der Waals surface area contributed by atoms with Crippen molar-refractivity contribution in [3.8, 4) is 0 Å². The first-order chi connectivity index (χ1) is 15.3. The number of hydrogen-bond acceptors (Lipinski definition) is 3. The number of nitrogens with one attached hydrogen (secondary N) is 1. The van der Waals surface area contributed by atoms with E-state index in [1.54, 1.807) is 0 Å². The largest absolute Gasteiger partial charge is 0.444 e. The van der Waals surface area contributed by atoms with Crippen LogP contribution >= 0.6 is 15.9 Å². The third-order valence-electron chi connectivity index (χ3n) is 5.91. The fraction of sp³-hybridized carbons (Fsp3) is 0.360. The van der Waals surface area contributed by atoms with Crippen LogP contribution in [-0.4, -0.2) is 44.2 Å². The van der Waals surface area contributed by atoms with Gasteiger partial charge in [-0.05, 0) is 57.0 Å². The summed E-state index contributed by atoms with van der Waals surface area (Å²) in [7, 11) is 0. The van der Waals surface area contributed by atoms with E-state index in [2.05, 4.69) is 49.7 Å². The maximum absolute atomic E-state index is 12.7. The van der Waals surface area contributed by atoms with E-state index in [-0.39, 0.29) is 6.09 Å². The Morgan fingerprint density at radius 1 is 1.12 bits per heavy atom. The maximum Gasteiger partial charge on any atom is 0.410 e. The summed E-state index contributed by atoms with van der Waals surface area (Å²) < 4.78 is 9.07. The molecule has 32 heavy (non-hydrogen) atoms. The number of amides is 1. The van der Waals surface area contributed by atoms with Gasteiger partial charge in [-0.2, -0.15) is 0 Å². The molecule has 6 nitrogen and oxygen atoms in total. The lowest BCUT2D eigenvalue weighted by Gasteiger charge is -2.26. The molecule has 2 aromatic heterocycles. The van der Waals surface area contributed by atoms with Crippen molar-refractivity contribution in [1.82, 2.24) is 19.4 Å². The highest BCUT2D eigenvalue weighted by Crippen LogP contribution is 2.35. The molecule has 1 N–H and O–H groups in total. The smallest absolute Gasteiger partial charge is 0.410 e. The van der Waals surface area contributed by atoms with Crippen molar-refractivity contribution in [2.24, 2.45) is 0 Å². The Balaban J connectivity index is 1.53. The number of rotatable bonds is 2. The van der Waals surface area contributed by atoms with Gasteiger partial charge in [0.1, 0.15) is 11.4 Å². The molecular formula is C25H27BrN4O2. The van der Waals surface area contributed by atoms with Gasteiger partial charge in [0.15, 0.2) is 0 Å². The van der Waals surface area contributed by atoms with E-state index in [1.165, 1.54) is 22.2 Å². The van der Waals surface area contributed by atoms with Crippen LogP contribution in [0.2, 0.25) is 0 Å². The van der Waals surface area contributed by atoms with Crippen molar-refractivity contribution in [1.29, 1.82) is 0 Å². The van der Waals surface area contributed by atoms with E-state index >= 15 is 0 Å². The number of H-pyrrole nitrogens is 1. The number of nitrogens with zero attached hydrogens (tertiary/aromatic N) is 3. The van der Waals surface area contributed by atoms with Crippen LogP contribution in [0.3, 0.4) is 0 Å². The summed E-state index contributed by atoms with van der Waals surface area (Å²) in [5, 5.41) is 1.23. The lowest BCUT2D eigenvalue weighted by atomic mass is 10.1. The molecule has 0 saturated carbocycles. The van der Waals surface area contributed by atoms with E-state index in [0.29, 0.717) is 19.6 Å². The molecule has 5 rings (SSSR count). The Morgan fingerprint density at radius 3 is 2.69 bits per heavy atom. The predicted molar refractivity (Wildman–Crippen MR) is 130 cm³/mol. The summed E-state index contributed by atoms with van der Waals surface area (Å²) in [6, 6.07) is 14.4. The molecule has 0 radical (unpaired) electrons. The maximum atomic E-state index is 12.7. The van der Waals surface area contributed by atoms with Gasteiger partial charge < -0.3 is 19.2 Å². The monoisotopic (exact) mass is 494 g/mol. The first-order valence-corrected chi connectivity index (χ1v) is 11.8. The zero-order valence-electron chi connectivity index (χ0n) is 18.6. The number of benzene rings is 2. The van der Waals surface area contributed by atoms with Crippen LogP contribution < -0.4 is 0 Å². The number of fused-ring (bicyclic) bond motifs is 4. The van der Waals surface area contributed by atoms with E-state index in [4.69, 9.17) is 9.72 Å². The lowest BCUT2D eigenvalue weighted by Crippen LogP contribution is -2.38. The van der Waals surface area contributed by atoms with Gasteiger partial charge in [-0.3, -0.25) is 0 Å². The minimum atomic E-state index is -0.498. The van der Waals surface area contributed by atoms with Gasteiger partial charge in [-0.1, -0.05) is 34.1 Å². The second kappa shape index (κ2) is 7.96. The number of imidazole rings is 1. The highest BCUT2D eigenvalue weighted by Gasteiger charge is 2.28. The molecule has 0 unspecified atom stereocenters. The second-order valence-electron chi connectivity index (χ2n) is 9.31. The number of hydrogen-bond donors (Lipinski definition) is 1. The number of aromatic amines is 1. The molecule has 3 heterocycles. The van der Waals surface area contributed by atoms with E-state index in [1.807, 2.05) is 43.9 Å². The van der Waals surface area contributed by atoms with Crippen LogP contribution in [0, 0.1) is 0 Å². The molecule has 0 saturated heterocycles. The van der Waals surface area contributed by atoms with E-state index < -0.39 is 5.60 Å². The summed E-state index contributed by atoms with van der Waals surface area (Å²) in [4.78, 5) is 22.8. The van der Waals surface area contributed by atoms with Crippen LogP contribution in [0.15, 0.2) is 46.9 Å². The highest BCUT2D eigenvalue weighted by molar-refractivity contribution is 9.10. The molecule has 0 fully saturated rings. The quantitative estimate of drug-likeness (QED) is 0.390. The van der Waals surface area contributed by atoms with E-state index in [0.717, 1.165) is 34.2 Å². The normalized spacial score (nSPS) is 14.6. The molecule has 1 amide bonds. The third-order valence-corrected chi connectivity index (χ3v) is 6.57. The Labute approximate surface area is 195 Å². The average molecular weight is 495 g/mol. The Bertz CT molecular complexity index is 1280. The number of carbonyl (C=O) groups excluding carboxylic acids is 1. The molecule has 7 heteroatoms. The zero-order chi connectivity index (χ0) is 22.5. The molecule has 0 bridgehead atoms. The molecule has 0 spiro atoms. The number of para-hydroxylation sites is 2. The van der Waals surface area contributed by atoms with Crippen LogP contribution in [0.5, 0.6) is 0 Å². The van der Waals surface area contributed by atoms with Crippen LogP contribution in [0.4, 0.5) is 4.79 Å². The third kappa shape index (κ3) is 3.90. The topological polar surface area (TPSA) is 63.1 Å². The molecule has 0 atom stereocenters. The first kappa shape index (κ1) is 21.1. The Morgan fingerprint density at radius 2 is 1.91 bits per heavy atom. The average Bonchev–Trinajstić information content (AvgIpc) is 3.18. The molecular weight excluding hydrogens is 468 g/mol. The SMILES string of the molecule is CC(C)(C)OC(=O)N1CCc2c(n(Cc3nc4ccccc4[nH]3)c3cccc(Br)c23)CC1. The minimum absolute atomic E-state index is 0.241. The molecule has 1 aliphatic heterocycles. The van der Waals surface area contributed by atoms with Gasteiger partial charge in [0, 0.05) is 35.1 Å². The van der Waals surface area contributed by atoms with Gasteiger partial charge in [0.25, 0.3) is 0 Å². The van der Waals surface area contributed by atoms with Gasteiger partial charge in [-0.15, -0.1) is 0 Å². The Kier molecular flexibility index (Phi) is 5.24. The van der Waals surface area contributed by atoms with Gasteiger partial charge >= 0.3 is 6.09 Å². The molecule has 0 aliphatic carbocycles. The standard InChI is InChI=1S/C25H27BrN4O2/c1-25(2,3)32-24(31)29-13-11-16-20(12-14-29)30(21-10-6-7-17(26)23(16)21)15-22-27-18-8-4-5-9-19(18)28-22/h4-10H,11-15H2,1-3H3,(H,27,28). The molecule has 166 valence electrons. The van der Waals surface area contributed by atoms with E-state index in [9.17, 15) is 4.79 Å². The number of aromatic nitrogens is 3. The molecule has 2 aromatic carbocycles. The van der Waals surface area contributed by atoms with Crippen molar-refractivity contribution < 1.29 is 9.53 Å². The summed E-state index contributed by atoms with van der Waals surface area (Å²) >= 11 is 3.77. The fourth-order valence-corrected chi connectivity index (χ4v) is 5.16. The van der Waals surface area contributed by atoms with Crippen LogP contribution in [-0.2, 0) is 24.1 Å². The summed E-state index contributed by atoms with van der Waals surface area (Å²) in [5.74, 6) is 0.930. The van der Waals surface area contributed by atoms with Crippen LogP contribution in [0.25, 0.3) is 21.9 Å². The van der Waals surface area contributed by atoms with Gasteiger partial charge in [-0.25, -0.2) is 9.78 Å². The number of halogens is 1. The zero-order valence-corrected chi connectivity index (χ0v) is 20.2. The van der Waals surface area contributed by atoms with Crippen molar-refractivity contribution in [3.05, 3.63) is 64.0 Å². The molecule has 4 aromatic rings. The fourth-order valence-electron chi connectivity index (χ4n) is 4.56. The Hall–Kier alpha value is -2.80. The minimum Gasteiger partial charge on any atom is -0.444 e. The number of carbonyl (C=O) groups is 1. The molecule has 1 aliphatic rings. The first-order valence-electron chi connectivity index (χ1n) is 11.0. The van der Waals surface area contributed by atoms with Crippen molar-refractivity contribution in [2.75, 3.05) is 13.1 Å². The predicted octanol–water partition coefficient (Wildman–Crippen LogP) is 5.66. The van der Waals surface area contributed by atoms with Gasteiger partial charge in [0.05, 0.1) is 23.1 Å². The second-order valence-corrected chi connectivity index (χ2v) is 10.2. The summed E-state index contributed by atoms with van der Waals surface area (Å²) in [6.07, 6.45) is 1.33. The number of ether oxygens (including phenoxy) is 1. The lowest BCUT2D eigenvalue weighted by molar-refractivity contribution is 0.0258. The van der Waals surface area contributed by atoms with Crippen molar-refractivity contribution in [2.45, 2.75) is 45.8 Å². The summed E-state index contributed by atoms with van der Waals surface area (Å²) in [6.45, 7) is 7.66. The summed E-state index contributed by atoms with van der Waals surface area (Å²) in [5.41, 5.74) is 5.27. The van der Waals surface area contributed by atoms with Crippen LogP contribution in [0.1, 0.15) is 37.9 Å². The van der Waals surface area contributed by atoms with Crippen molar-refractivity contribution >= 4 is 44.0 Å².